The Morgan fingerprint density at radius 1 is 0.929 bits per heavy atom. The molecule has 7 heteroatoms. The Labute approximate surface area is 159 Å². The molecule has 1 heterocycles. The number of aromatic nitrogens is 1. The van der Waals surface area contributed by atoms with Gasteiger partial charge in [-0.05, 0) is 35.9 Å². The lowest BCUT2D eigenvalue weighted by Gasteiger charge is -2.17. The molecule has 0 N–H and O–H groups in total. The molecular formula is C21H16F3NO3. The van der Waals surface area contributed by atoms with Gasteiger partial charge >= 0.3 is 12.1 Å². The highest BCUT2D eigenvalue weighted by Gasteiger charge is 2.35. The second-order valence-corrected chi connectivity index (χ2v) is 5.86. The molecule has 2 aromatic carbocycles. The maximum Gasteiger partial charge on any atom is 0.433 e. The van der Waals surface area contributed by atoms with Gasteiger partial charge in [0.1, 0.15) is 11.4 Å². The van der Waals surface area contributed by atoms with Gasteiger partial charge < -0.3 is 9.47 Å². The number of ether oxygens (including phenoxy) is 2. The number of nitrogens with zero attached hydrogens (tertiary/aromatic N) is 1. The smallest absolute Gasteiger partial charge is 0.433 e. The van der Waals surface area contributed by atoms with Gasteiger partial charge in [0.15, 0.2) is 0 Å². The summed E-state index contributed by atoms with van der Waals surface area (Å²) in [5.74, 6) is -0.246. The summed E-state index contributed by atoms with van der Waals surface area (Å²) < 4.78 is 50.5. The van der Waals surface area contributed by atoms with E-state index < -0.39 is 17.8 Å². The third-order valence-electron chi connectivity index (χ3n) is 4.15. The molecule has 0 bridgehead atoms. The van der Waals surface area contributed by atoms with Crippen molar-refractivity contribution in [1.29, 1.82) is 0 Å². The number of esters is 1. The van der Waals surface area contributed by atoms with Crippen molar-refractivity contribution in [1.82, 2.24) is 4.98 Å². The number of carbonyl (C=O) groups is 1. The van der Waals surface area contributed by atoms with Crippen molar-refractivity contribution in [2.24, 2.45) is 0 Å². The van der Waals surface area contributed by atoms with E-state index in [4.69, 9.17) is 9.47 Å². The van der Waals surface area contributed by atoms with Crippen LogP contribution in [-0.2, 0) is 10.9 Å². The summed E-state index contributed by atoms with van der Waals surface area (Å²) in [7, 11) is 2.65. The summed E-state index contributed by atoms with van der Waals surface area (Å²) in [5.41, 5.74) is -0.351. The number of alkyl halides is 3. The predicted molar refractivity (Wildman–Crippen MR) is 98.0 cm³/mol. The zero-order valence-corrected chi connectivity index (χ0v) is 15.1. The van der Waals surface area contributed by atoms with Gasteiger partial charge in [-0.25, -0.2) is 9.78 Å². The molecule has 0 aliphatic carbocycles. The highest BCUT2D eigenvalue weighted by Crippen LogP contribution is 2.38. The van der Waals surface area contributed by atoms with Crippen molar-refractivity contribution < 1.29 is 27.4 Å². The third-order valence-corrected chi connectivity index (χ3v) is 4.15. The number of hydrogen-bond donors (Lipinski definition) is 0. The number of rotatable bonds is 4. The first-order valence-electron chi connectivity index (χ1n) is 8.25. The highest BCUT2D eigenvalue weighted by molar-refractivity contribution is 6.03. The number of pyridine rings is 1. The van der Waals surface area contributed by atoms with E-state index in [1.807, 2.05) is 0 Å². The van der Waals surface area contributed by atoms with Crippen LogP contribution in [0.2, 0.25) is 0 Å². The molecule has 0 unspecified atom stereocenters. The maximum atomic E-state index is 13.5. The van der Waals surface area contributed by atoms with E-state index in [-0.39, 0.29) is 16.8 Å². The molecule has 3 rings (SSSR count). The van der Waals surface area contributed by atoms with Crippen molar-refractivity contribution in [2.45, 2.75) is 6.18 Å². The van der Waals surface area contributed by atoms with Crippen LogP contribution in [-0.4, -0.2) is 25.2 Å². The fourth-order valence-electron chi connectivity index (χ4n) is 2.80. The standard InChI is InChI=1S/C21H16F3NO3/c1-27-15-10-8-14(9-11-15)19-18(20(26)28-2)16(13-6-4-3-5-7-13)12-17(25-19)21(22,23)24/h3-12H,1-2H3. The molecule has 3 aromatic rings. The molecule has 144 valence electrons. The normalized spacial score (nSPS) is 11.2. The molecule has 0 saturated carbocycles. The van der Waals surface area contributed by atoms with Crippen LogP contribution in [0, 0.1) is 0 Å². The van der Waals surface area contributed by atoms with Gasteiger partial charge in [-0.3, -0.25) is 0 Å². The van der Waals surface area contributed by atoms with Gasteiger partial charge in [-0.2, -0.15) is 13.2 Å². The van der Waals surface area contributed by atoms with Crippen molar-refractivity contribution in [3.05, 3.63) is 71.9 Å². The summed E-state index contributed by atoms with van der Waals surface area (Å²) in [4.78, 5) is 16.3. The number of carbonyl (C=O) groups excluding carboxylic acids is 1. The first-order chi connectivity index (χ1) is 13.3. The molecule has 0 radical (unpaired) electrons. The van der Waals surface area contributed by atoms with Crippen LogP contribution in [0.3, 0.4) is 0 Å². The Morgan fingerprint density at radius 2 is 1.57 bits per heavy atom. The molecule has 1 aromatic heterocycles. The van der Waals surface area contributed by atoms with Crippen LogP contribution < -0.4 is 4.74 Å². The first-order valence-corrected chi connectivity index (χ1v) is 8.25. The van der Waals surface area contributed by atoms with E-state index >= 15 is 0 Å². The Morgan fingerprint density at radius 3 is 2.11 bits per heavy atom. The Kier molecular flexibility index (Phi) is 5.35. The molecule has 0 aliphatic rings. The van der Waals surface area contributed by atoms with E-state index in [1.165, 1.54) is 14.2 Å². The van der Waals surface area contributed by atoms with Gasteiger partial charge in [0.25, 0.3) is 0 Å². The zero-order chi connectivity index (χ0) is 20.3. The fourth-order valence-corrected chi connectivity index (χ4v) is 2.80. The Balaban J connectivity index is 2.36. The topological polar surface area (TPSA) is 48.4 Å². The summed E-state index contributed by atoms with van der Waals surface area (Å²) in [6.45, 7) is 0. The van der Waals surface area contributed by atoms with E-state index in [2.05, 4.69) is 4.98 Å². The quantitative estimate of drug-likeness (QED) is 0.575. The molecule has 0 atom stereocenters. The molecule has 0 aliphatic heterocycles. The van der Waals surface area contributed by atoms with E-state index in [1.54, 1.807) is 54.6 Å². The van der Waals surface area contributed by atoms with Crippen molar-refractivity contribution in [3.8, 4) is 28.1 Å². The number of benzene rings is 2. The monoisotopic (exact) mass is 387 g/mol. The van der Waals surface area contributed by atoms with Crippen molar-refractivity contribution in [3.63, 3.8) is 0 Å². The second kappa shape index (κ2) is 7.72. The molecular weight excluding hydrogens is 371 g/mol. The third kappa shape index (κ3) is 3.83. The summed E-state index contributed by atoms with van der Waals surface area (Å²) >= 11 is 0. The van der Waals surface area contributed by atoms with Crippen LogP contribution in [0.15, 0.2) is 60.7 Å². The molecule has 0 saturated heterocycles. The van der Waals surface area contributed by atoms with Gasteiger partial charge in [-0.1, -0.05) is 30.3 Å². The Bertz CT molecular complexity index is 984. The van der Waals surface area contributed by atoms with Crippen molar-refractivity contribution >= 4 is 5.97 Å². The predicted octanol–water partition coefficient (Wildman–Crippen LogP) is 5.23. The van der Waals surface area contributed by atoms with Crippen LogP contribution >= 0.6 is 0 Å². The minimum Gasteiger partial charge on any atom is -0.497 e. The number of halogens is 3. The molecule has 0 spiro atoms. The minimum absolute atomic E-state index is 0.0353. The maximum absolute atomic E-state index is 13.5. The van der Waals surface area contributed by atoms with E-state index in [0.29, 0.717) is 16.9 Å². The molecule has 28 heavy (non-hydrogen) atoms. The largest absolute Gasteiger partial charge is 0.497 e. The summed E-state index contributed by atoms with van der Waals surface area (Å²) in [6, 6.07) is 15.5. The minimum atomic E-state index is -4.68. The average molecular weight is 387 g/mol. The lowest BCUT2D eigenvalue weighted by Crippen LogP contribution is -2.14. The first kappa shape index (κ1) is 19.4. The van der Waals surface area contributed by atoms with Crippen LogP contribution in [0.25, 0.3) is 22.4 Å². The lowest BCUT2D eigenvalue weighted by atomic mass is 9.94. The van der Waals surface area contributed by atoms with Crippen LogP contribution in [0.1, 0.15) is 16.1 Å². The molecule has 4 nitrogen and oxygen atoms in total. The number of hydrogen-bond acceptors (Lipinski definition) is 4. The molecule has 0 fully saturated rings. The van der Waals surface area contributed by atoms with Crippen LogP contribution in [0.4, 0.5) is 13.2 Å². The highest BCUT2D eigenvalue weighted by atomic mass is 19.4. The van der Waals surface area contributed by atoms with Crippen LogP contribution in [0.5, 0.6) is 5.75 Å². The van der Waals surface area contributed by atoms with E-state index in [0.717, 1.165) is 6.07 Å². The summed E-state index contributed by atoms with van der Waals surface area (Å²) in [6.07, 6.45) is -4.68. The van der Waals surface area contributed by atoms with Gasteiger partial charge in [0.2, 0.25) is 0 Å². The Hall–Kier alpha value is -3.35. The fraction of sp³-hybridized carbons (Fsp3) is 0.143. The second-order valence-electron chi connectivity index (χ2n) is 5.86. The SMILES string of the molecule is COC(=O)c1c(-c2ccccc2)cc(C(F)(F)F)nc1-c1ccc(OC)cc1. The average Bonchev–Trinajstić information content (AvgIpc) is 2.72. The zero-order valence-electron chi connectivity index (χ0n) is 15.1. The lowest BCUT2D eigenvalue weighted by molar-refractivity contribution is -0.141. The van der Waals surface area contributed by atoms with Crippen molar-refractivity contribution in [2.75, 3.05) is 14.2 Å². The van der Waals surface area contributed by atoms with Gasteiger partial charge in [-0.15, -0.1) is 0 Å². The molecule has 0 amide bonds. The van der Waals surface area contributed by atoms with E-state index in [9.17, 15) is 18.0 Å². The number of methoxy groups -OCH3 is 2. The van der Waals surface area contributed by atoms with Gasteiger partial charge in [0, 0.05) is 11.1 Å². The summed E-state index contributed by atoms with van der Waals surface area (Å²) in [5, 5.41) is 0. The van der Waals surface area contributed by atoms with Gasteiger partial charge in [0.05, 0.1) is 25.5 Å².